The molecule has 7 nitrogen and oxygen atoms in total. The van der Waals surface area contributed by atoms with Gasteiger partial charge >= 0.3 is 6.01 Å². The Morgan fingerprint density at radius 2 is 2.24 bits per heavy atom. The maximum absolute atomic E-state index is 11.6. The third-order valence-corrected chi connectivity index (χ3v) is 1.96. The van der Waals surface area contributed by atoms with Crippen molar-refractivity contribution >= 4 is 11.6 Å². The van der Waals surface area contributed by atoms with Crippen LogP contribution in [0.3, 0.4) is 0 Å². The second-order valence-electron chi connectivity index (χ2n) is 3.21. The highest BCUT2D eigenvalue weighted by Gasteiger charge is 2.04. The van der Waals surface area contributed by atoms with Crippen molar-refractivity contribution in [1.82, 2.24) is 19.7 Å². The van der Waals surface area contributed by atoms with Crippen LogP contribution >= 0.6 is 0 Å². The molecule has 1 N–H and O–H groups in total. The van der Waals surface area contributed by atoms with Crippen molar-refractivity contribution in [3.05, 3.63) is 30.9 Å². The molecule has 0 radical (unpaired) electrons. The molecule has 1 amide bonds. The average Bonchev–Trinajstić information content (AvgIpc) is 2.82. The summed E-state index contributed by atoms with van der Waals surface area (Å²) < 4.78 is 6.34. The maximum Gasteiger partial charge on any atom is 0.316 e. The molecule has 0 aromatic carbocycles. The van der Waals surface area contributed by atoms with E-state index in [1.807, 2.05) is 0 Å². The van der Waals surface area contributed by atoms with Crippen molar-refractivity contribution in [3.63, 3.8) is 0 Å². The summed E-state index contributed by atoms with van der Waals surface area (Å²) in [6.07, 6.45) is 6.29. The molecule has 0 fully saturated rings. The van der Waals surface area contributed by atoms with Gasteiger partial charge in [-0.2, -0.15) is 5.10 Å². The minimum absolute atomic E-state index is 0.152. The van der Waals surface area contributed by atoms with Crippen molar-refractivity contribution in [2.45, 2.75) is 6.54 Å². The first kappa shape index (κ1) is 11.1. The van der Waals surface area contributed by atoms with Gasteiger partial charge in [0, 0.05) is 12.4 Å². The van der Waals surface area contributed by atoms with E-state index in [1.165, 1.54) is 24.2 Å². The van der Waals surface area contributed by atoms with Gasteiger partial charge in [-0.3, -0.25) is 9.48 Å². The fourth-order valence-corrected chi connectivity index (χ4v) is 1.23. The molecule has 2 rings (SSSR count). The van der Waals surface area contributed by atoms with Crippen LogP contribution in [0.4, 0.5) is 5.69 Å². The lowest BCUT2D eigenvalue weighted by Crippen LogP contribution is -2.19. The average molecular weight is 233 g/mol. The Morgan fingerprint density at radius 1 is 1.47 bits per heavy atom. The standard InChI is InChI=1S/C10H11N5O2/c1-17-10-11-5-8(6-12-10)14-9(16)7-15-4-2-3-13-15/h2-6H,7H2,1H3,(H,14,16). The number of hydrogen-bond acceptors (Lipinski definition) is 5. The fourth-order valence-electron chi connectivity index (χ4n) is 1.23. The molecule has 0 unspecified atom stereocenters. The summed E-state index contributed by atoms with van der Waals surface area (Å²) in [4.78, 5) is 19.3. The minimum Gasteiger partial charge on any atom is -0.467 e. The summed E-state index contributed by atoms with van der Waals surface area (Å²) >= 11 is 0. The lowest BCUT2D eigenvalue weighted by atomic mass is 10.5. The lowest BCUT2D eigenvalue weighted by Gasteiger charge is -2.04. The van der Waals surface area contributed by atoms with Crippen molar-refractivity contribution in [2.75, 3.05) is 12.4 Å². The van der Waals surface area contributed by atoms with Crippen LogP contribution in [0.1, 0.15) is 0 Å². The van der Waals surface area contributed by atoms with Gasteiger partial charge < -0.3 is 10.1 Å². The van der Waals surface area contributed by atoms with Crippen LogP contribution in [0, 0.1) is 0 Å². The summed E-state index contributed by atoms with van der Waals surface area (Å²) in [5.41, 5.74) is 0.517. The van der Waals surface area contributed by atoms with E-state index in [4.69, 9.17) is 4.74 Å². The molecule has 2 aromatic heterocycles. The summed E-state index contributed by atoms with van der Waals surface area (Å²) in [6, 6.07) is 2.01. The van der Waals surface area contributed by atoms with Gasteiger partial charge in [-0.25, -0.2) is 9.97 Å². The zero-order valence-electron chi connectivity index (χ0n) is 9.20. The van der Waals surface area contributed by atoms with Crippen LogP contribution in [0.5, 0.6) is 6.01 Å². The Bertz CT molecular complexity index is 480. The molecule has 0 bridgehead atoms. The van der Waals surface area contributed by atoms with Crippen LogP contribution in [0.15, 0.2) is 30.9 Å². The van der Waals surface area contributed by atoms with Gasteiger partial charge in [-0.05, 0) is 6.07 Å². The summed E-state index contributed by atoms with van der Waals surface area (Å²) in [7, 11) is 1.48. The molecule has 0 aliphatic heterocycles. The highest BCUT2D eigenvalue weighted by Crippen LogP contribution is 2.06. The molecule has 0 spiro atoms. The van der Waals surface area contributed by atoms with Gasteiger partial charge in [0.2, 0.25) is 5.91 Å². The number of aromatic nitrogens is 4. The number of rotatable bonds is 4. The molecule has 0 saturated carbocycles. The van der Waals surface area contributed by atoms with E-state index < -0.39 is 0 Å². The Morgan fingerprint density at radius 3 is 2.82 bits per heavy atom. The second kappa shape index (κ2) is 5.06. The minimum atomic E-state index is -0.192. The zero-order chi connectivity index (χ0) is 12.1. The predicted octanol–water partition coefficient (Wildman–Crippen LogP) is 0.320. The SMILES string of the molecule is COc1ncc(NC(=O)Cn2cccn2)cn1. The molecule has 0 aliphatic carbocycles. The van der Waals surface area contributed by atoms with E-state index >= 15 is 0 Å². The maximum atomic E-state index is 11.6. The lowest BCUT2D eigenvalue weighted by molar-refractivity contribution is -0.116. The van der Waals surface area contributed by atoms with Gasteiger partial charge in [0.25, 0.3) is 0 Å². The highest BCUT2D eigenvalue weighted by atomic mass is 16.5. The molecule has 17 heavy (non-hydrogen) atoms. The predicted molar refractivity (Wildman–Crippen MR) is 59.4 cm³/mol. The van der Waals surface area contributed by atoms with Crippen molar-refractivity contribution < 1.29 is 9.53 Å². The number of nitrogens with zero attached hydrogens (tertiary/aromatic N) is 4. The summed E-state index contributed by atoms with van der Waals surface area (Å²) in [6.45, 7) is 0.152. The van der Waals surface area contributed by atoms with Gasteiger partial charge in [0.15, 0.2) is 0 Å². The van der Waals surface area contributed by atoms with Crippen LogP contribution in [0.2, 0.25) is 0 Å². The molecular weight excluding hydrogens is 222 g/mol. The number of ether oxygens (including phenoxy) is 1. The Kier molecular flexibility index (Phi) is 3.29. The molecule has 0 saturated heterocycles. The van der Waals surface area contributed by atoms with Crippen molar-refractivity contribution in [1.29, 1.82) is 0 Å². The molecule has 0 atom stereocenters. The van der Waals surface area contributed by atoms with Crippen LogP contribution < -0.4 is 10.1 Å². The molecule has 7 heteroatoms. The Hall–Kier alpha value is -2.44. The van der Waals surface area contributed by atoms with Gasteiger partial charge in [0.1, 0.15) is 6.54 Å². The van der Waals surface area contributed by atoms with E-state index in [0.29, 0.717) is 5.69 Å². The van der Waals surface area contributed by atoms with E-state index in [0.717, 1.165) is 0 Å². The fraction of sp³-hybridized carbons (Fsp3) is 0.200. The van der Waals surface area contributed by atoms with Crippen molar-refractivity contribution in [3.8, 4) is 6.01 Å². The van der Waals surface area contributed by atoms with Crippen LogP contribution in [0.25, 0.3) is 0 Å². The second-order valence-corrected chi connectivity index (χ2v) is 3.21. The number of methoxy groups -OCH3 is 1. The molecule has 88 valence electrons. The number of anilines is 1. The number of carbonyl (C=O) groups excluding carboxylic acids is 1. The Labute approximate surface area is 97.5 Å². The van der Waals surface area contributed by atoms with E-state index in [2.05, 4.69) is 20.4 Å². The van der Waals surface area contributed by atoms with Crippen LogP contribution in [-0.4, -0.2) is 32.8 Å². The first-order valence-electron chi connectivity index (χ1n) is 4.91. The van der Waals surface area contributed by atoms with Crippen LogP contribution in [-0.2, 0) is 11.3 Å². The first-order chi connectivity index (χ1) is 8.28. The number of nitrogens with one attached hydrogen (secondary N) is 1. The van der Waals surface area contributed by atoms with E-state index in [-0.39, 0.29) is 18.5 Å². The van der Waals surface area contributed by atoms with Gasteiger partial charge in [-0.1, -0.05) is 0 Å². The Balaban J connectivity index is 1.93. The topological polar surface area (TPSA) is 81.9 Å². The molecular formula is C10H11N5O2. The molecule has 0 aliphatic rings. The van der Waals surface area contributed by atoms with E-state index in [9.17, 15) is 4.79 Å². The largest absolute Gasteiger partial charge is 0.467 e. The highest BCUT2D eigenvalue weighted by molar-refractivity contribution is 5.90. The number of carbonyl (C=O) groups is 1. The normalized spacial score (nSPS) is 9.94. The van der Waals surface area contributed by atoms with E-state index in [1.54, 1.807) is 18.5 Å². The summed E-state index contributed by atoms with van der Waals surface area (Å²) in [5.74, 6) is -0.192. The first-order valence-corrected chi connectivity index (χ1v) is 4.91. The molecule has 2 heterocycles. The number of amides is 1. The van der Waals surface area contributed by atoms with Crippen molar-refractivity contribution in [2.24, 2.45) is 0 Å². The monoisotopic (exact) mass is 233 g/mol. The molecule has 2 aromatic rings. The third-order valence-electron chi connectivity index (χ3n) is 1.96. The zero-order valence-corrected chi connectivity index (χ0v) is 9.20. The number of hydrogen-bond donors (Lipinski definition) is 1. The van der Waals surface area contributed by atoms with Gasteiger partial charge in [0.05, 0.1) is 25.2 Å². The third kappa shape index (κ3) is 3.00. The quantitative estimate of drug-likeness (QED) is 0.822. The smallest absolute Gasteiger partial charge is 0.316 e. The summed E-state index contributed by atoms with van der Waals surface area (Å²) in [5, 5.41) is 6.58. The van der Waals surface area contributed by atoms with Gasteiger partial charge in [-0.15, -0.1) is 0 Å².